The number of carbonyl (C=O) groups is 1. The van der Waals surface area contributed by atoms with Gasteiger partial charge in [-0.2, -0.15) is 0 Å². The molecule has 1 atom stereocenters. The molecule has 1 aromatic carbocycles. The largest absolute Gasteiger partial charge is 0.350 e. The third-order valence-electron chi connectivity index (χ3n) is 4.24. The highest BCUT2D eigenvalue weighted by atomic mass is 79.9. The van der Waals surface area contributed by atoms with Crippen molar-refractivity contribution >= 4 is 21.8 Å². The Hall–Kier alpha value is -0.870. The smallest absolute Gasteiger partial charge is 0.252 e. The normalized spacial score (nSPS) is 21.5. The molecule has 2 N–H and O–H groups in total. The Bertz CT molecular complexity index is 499. The van der Waals surface area contributed by atoms with Gasteiger partial charge in [0.15, 0.2) is 0 Å². The van der Waals surface area contributed by atoms with Crippen LogP contribution in [0.25, 0.3) is 0 Å². The third kappa shape index (κ3) is 3.41. The van der Waals surface area contributed by atoms with Crippen molar-refractivity contribution in [3.05, 3.63) is 33.8 Å². The summed E-state index contributed by atoms with van der Waals surface area (Å²) in [4.78, 5) is 12.3. The SMILES string of the molecule is Cc1cccc(C(=O)NCC2NCCCC2(C)C)c1Br. The Morgan fingerprint density at radius 3 is 2.95 bits per heavy atom. The Morgan fingerprint density at radius 2 is 2.25 bits per heavy atom. The lowest BCUT2D eigenvalue weighted by Gasteiger charge is -2.39. The molecule has 0 aliphatic carbocycles. The highest BCUT2D eigenvalue weighted by molar-refractivity contribution is 9.10. The number of nitrogens with one attached hydrogen (secondary N) is 2. The van der Waals surface area contributed by atoms with Gasteiger partial charge < -0.3 is 10.6 Å². The van der Waals surface area contributed by atoms with E-state index in [0.717, 1.165) is 16.6 Å². The summed E-state index contributed by atoms with van der Waals surface area (Å²) in [5.74, 6) is -0.0104. The summed E-state index contributed by atoms with van der Waals surface area (Å²) in [6.07, 6.45) is 2.41. The van der Waals surface area contributed by atoms with Crippen molar-refractivity contribution < 1.29 is 4.79 Å². The molecule has 1 aliphatic rings. The van der Waals surface area contributed by atoms with Crippen LogP contribution in [0.5, 0.6) is 0 Å². The zero-order valence-electron chi connectivity index (χ0n) is 12.4. The average Bonchev–Trinajstić information content (AvgIpc) is 2.40. The summed E-state index contributed by atoms with van der Waals surface area (Å²) >= 11 is 3.49. The van der Waals surface area contributed by atoms with E-state index in [0.29, 0.717) is 18.2 Å². The lowest BCUT2D eigenvalue weighted by Crippen LogP contribution is -2.52. The minimum Gasteiger partial charge on any atom is -0.350 e. The van der Waals surface area contributed by atoms with E-state index in [2.05, 4.69) is 40.4 Å². The average molecular weight is 339 g/mol. The van der Waals surface area contributed by atoms with Crippen molar-refractivity contribution in [2.75, 3.05) is 13.1 Å². The lowest BCUT2D eigenvalue weighted by molar-refractivity contribution is 0.0928. The van der Waals surface area contributed by atoms with Crippen molar-refractivity contribution in [2.45, 2.75) is 39.7 Å². The first kappa shape index (κ1) is 15.5. The fraction of sp³-hybridized carbons (Fsp3) is 0.562. The van der Waals surface area contributed by atoms with E-state index >= 15 is 0 Å². The second-order valence-corrected chi connectivity index (χ2v) is 7.04. The Kier molecular flexibility index (Phi) is 4.86. The molecular weight excluding hydrogens is 316 g/mol. The van der Waals surface area contributed by atoms with Crippen LogP contribution in [-0.2, 0) is 0 Å². The zero-order valence-corrected chi connectivity index (χ0v) is 14.0. The molecule has 1 fully saturated rings. The molecule has 1 aromatic rings. The fourth-order valence-electron chi connectivity index (χ4n) is 2.73. The van der Waals surface area contributed by atoms with Gasteiger partial charge in [0.2, 0.25) is 0 Å². The van der Waals surface area contributed by atoms with Crippen LogP contribution < -0.4 is 10.6 Å². The van der Waals surface area contributed by atoms with Crippen LogP contribution >= 0.6 is 15.9 Å². The van der Waals surface area contributed by atoms with Crippen LogP contribution in [0.1, 0.15) is 42.6 Å². The second kappa shape index (κ2) is 6.27. The van der Waals surface area contributed by atoms with Crippen molar-refractivity contribution in [2.24, 2.45) is 5.41 Å². The first-order valence-corrected chi connectivity index (χ1v) is 7.98. The molecule has 3 nitrogen and oxygen atoms in total. The van der Waals surface area contributed by atoms with Gasteiger partial charge >= 0.3 is 0 Å². The van der Waals surface area contributed by atoms with E-state index in [9.17, 15) is 4.79 Å². The van der Waals surface area contributed by atoms with Gasteiger partial charge in [0.1, 0.15) is 0 Å². The maximum absolute atomic E-state index is 12.3. The molecule has 1 heterocycles. The van der Waals surface area contributed by atoms with Crippen molar-refractivity contribution in [3.8, 4) is 0 Å². The van der Waals surface area contributed by atoms with Gasteiger partial charge in [0.25, 0.3) is 5.91 Å². The van der Waals surface area contributed by atoms with Gasteiger partial charge in [-0.1, -0.05) is 26.0 Å². The van der Waals surface area contributed by atoms with Crippen LogP contribution in [-0.4, -0.2) is 25.0 Å². The number of rotatable bonds is 3. The van der Waals surface area contributed by atoms with E-state index in [1.54, 1.807) is 0 Å². The molecule has 1 saturated heterocycles. The summed E-state index contributed by atoms with van der Waals surface area (Å²) in [6, 6.07) is 6.10. The van der Waals surface area contributed by atoms with Gasteiger partial charge in [-0.05, 0) is 59.3 Å². The highest BCUT2D eigenvalue weighted by Crippen LogP contribution is 2.29. The fourth-order valence-corrected chi connectivity index (χ4v) is 3.18. The van der Waals surface area contributed by atoms with Gasteiger partial charge in [0.05, 0.1) is 5.56 Å². The van der Waals surface area contributed by atoms with E-state index < -0.39 is 0 Å². The van der Waals surface area contributed by atoms with E-state index in [1.165, 1.54) is 12.8 Å². The molecule has 0 spiro atoms. The van der Waals surface area contributed by atoms with E-state index in [-0.39, 0.29) is 11.3 Å². The maximum atomic E-state index is 12.3. The molecule has 0 saturated carbocycles. The summed E-state index contributed by atoms with van der Waals surface area (Å²) in [5.41, 5.74) is 2.02. The number of halogens is 1. The molecule has 4 heteroatoms. The number of amides is 1. The predicted molar refractivity (Wildman–Crippen MR) is 86.0 cm³/mol. The van der Waals surface area contributed by atoms with Crippen LogP contribution in [0.4, 0.5) is 0 Å². The van der Waals surface area contributed by atoms with Gasteiger partial charge in [-0.15, -0.1) is 0 Å². The van der Waals surface area contributed by atoms with Crippen LogP contribution in [0.15, 0.2) is 22.7 Å². The minimum absolute atomic E-state index is 0.0104. The first-order valence-electron chi connectivity index (χ1n) is 7.18. The number of benzene rings is 1. The van der Waals surface area contributed by atoms with Crippen LogP contribution in [0, 0.1) is 12.3 Å². The molecule has 0 bridgehead atoms. The van der Waals surface area contributed by atoms with Gasteiger partial charge in [-0.3, -0.25) is 4.79 Å². The number of hydrogen-bond acceptors (Lipinski definition) is 2. The Labute approximate surface area is 129 Å². The molecule has 1 aliphatic heterocycles. The zero-order chi connectivity index (χ0) is 14.8. The topological polar surface area (TPSA) is 41.1 Å². The van der Waals surface area contributed by atoms with Crippen LogP contribution in [0.2, 0.25) is 0 Å². The molecule has 0 aromatic heterocycles. The molecule has 0 radical (unpaired) electrons. The van der Waals surface area contributed by atoms with Crippen molar-refractivity contribution in [1.29, 1.82) is 0 Å². The summed E-state index contributed by atoms with van der Waals surface area (Å²) < 4.78 is 0.883. The summed E-state index contributed by atoms with van der Waals surface area (Å²) in [6.45, 7) is 8.23. The highest BCUT2D eigenvalue weighted by Gasteiger charge is 2.32. The Morgan fingerprint density at radius 1 is 1.50 bits per heavy atom. The quantitative estimate of drug-likeness (QED) is 0.887. The predicted octanol–water partition coefficient (Wildman–Crippen LogP) is 3.27. The maximum Gasteiger partial charge on any atom is 0.252 e. The number of hydrogen-bond donors (Lipinski definition) is 2. The molecular formula is C16H23BrN2O. The molecule has 110 valence electrons. The van der Waals surface area contributed by atoms with Gasteiger partial charge in [-0.25, -0.2) is 0 Å². The molecule has 1 amide bonds. The minimum atomic E-state index is -0.0104. The van der Waals surface area contributed by atoms with Crippen molar-refractivity contribution in [3.63, 3.8) is 0 Å². The molecule has 1 unspecified atom stereocenters. The summed E-state index contributed by atoms with van der Waals surface area (Å²) in [5, 5.41) is 6.58. The monoisotopic (exact) mass is 338 g/mol. The molecule has 2 rings (SSSR count). The first-order chi connectivity index (χ1) is 9.42. The second-order valence-electron chi connectivity index (χ2n) is 6.25. The number of aryl methyl sites for hydroxylation is 1. The number of piperidine rings is 1. The van der Waals surface area contributed by atoms with Gasteiger partial charge in [0, 0.05) is 17.1 Å². The van der Waals surface area contributed by atoms with Crippen LogP contribution in [0.3, 0.4) is 0 Å². The number of carbonyl (C=O) groups excluding carboxylic acids is 1. The standard InChI is InChI=1S/C16H23BrN2O/c1-11-6-4-7-12(14(11)17)15(20)19-10-13-16(2,3)8-5-9-18-13/h4,6-7,13,18H,5,8-10H2,1-3H3,(H,19,20). The third-order valence-corrected chi connectivity index (χ3v) is 5.29. The summed E-state index contributed by atoms with van der Waals surface area (Å²) in [7, 11) is 0. The Balaban J connectivity index is 2.00. The molecule has 20 heavy (non-hydrogen) atoms. The van der Waals surface area contributed by atoms with Crippen molar-refractivity contribution in [1.82, 2.24) is 10.6 Å². The van der Waals surface area contributed by atoms with E-state index in [1.807, 2.05) is 25.1 Å². The lowest BCUT2D eigenvalue weighted by atomic mass is 9.77. The van der Waals surface area contributed by atoms with E-state index in [4.69, 9.17) is 0 Å².